The van der Waals surface area contributed by atoms with Crippen LogP contribution in [0, 0.1) is 0 Å². The molecular formula is C21H30IN7O3. The Morgan fingerprint density at radius 2 is 1.84 bits per heavy atom. The second kappa shape index (κ2) is 13.0. The van der Waals surface area contributed by atoms with Gasteiger partial charge in [0.2, 0.25) is 5.91 Å². The molecule has 2 aromatic rings. The van der Waals surface area contributed by atoms with Gasteiger partial charge in [0.05, 0.1) is 18.8 Å². The quantitative estimate of drug-likeness (QED) is 0.250. The molecule has 0 atom stereocenters. The number of amides is 2. The normalized spacial score (nSPS) is 14.5. The van der Waals surface area contributed by atoms with Gasteiger partial charge in [-0.3, -0.25) is 14.5 Å². The fourth-order valence-electron chi connectivity index (χ4n) is 3.29. The minimum atomic E-state index is -0.575. The fourth-order valence-corrected chi connectivity index (χ4v) is 3.29. The zero-order valence-electron chi connectivity index (χ0n) is 18.1. The van der Waals surface area contributed by atoms with Crippen molar-refractivity contribution in [3.63, 3.8) is 0 Å². The Hall–Kier alpha value is -2.67. The molecule has 32 heavy (non-hydrogen) atoms. The van der Waals surface area contributed by atoms with Crippen molar-refractivity contribution < 1.29 is 14.1 Å². The molecule has 1 fully saturated rings. The van der Waals surface area contributed by atoms with E-state index in [9.17, 15) is 9.59 Å². The van der Waals surface area contributed by atoms with Crippen LogP contribution in [0.15, 0.2) is 46.1 Å². The van der Waals surface area contributed by atoms with Gasteiger partial charge in [0.15, 0.2) is 5.96 Å². The number of nitrogens with two attached hydrogens (primary N) is 1. The van der Waals surface area contributed by atoms with E-state index < -0.39 is 5.91 Å². The molecule has 10 nitrogen and oxygen atoms in total. The average Bonchev–Trinajstić information content (AvgIpc) is 3.29. The molecule has 2 heterocycles. The fraction of sp³-hybridized carbons (Fsp3) is 0.429. The van der Waals surface area contributed by atoms with Crippen molar-refractivity contribution in [2.45, 2.75) is 20.0 Å². The van der Waals surface area contributed by atoms with E-state index in [1.165, 1.54) is 0 Å². The first-order chi connectivity index (χ1) is 15.0. The number of guanidine groups is 1. The summed E-state index contributed by atoms with van der Waals surface area (Å²) in [5, 5.41) is 9.82. The van der Waals surface area contributed by atoms with Crippen LogP contribution in [0.4, 0.5) is 0 Å². The Morgan fingerprint density at radius 3 is 2.44 bits per heavy atom. The van der Waals surface area contributed by atoms with Gasteiger partial charge >= 0.3 is 0 Å². The molecule has 1 saturated heterocycles. The van der Waals surface area contributed by atoms with E-state index in [1.807, 2.05) is 18.2 Å². The lowest BCUT2D eigenvalue weighted by Gasteiger charge is -2.36. The van der Waals surface area contributed by atoms with Gasteiger partial charge in [-0.05, 0) is 24.6 Å². The number of halogens is 1. The maximum absolute atomic E-state index is 12.0. The summed E-state index contributed by atoms with van der Waals surface area (Å²) in [7, 11) is 0. The molecule has 1 aromatic carbocycles. The Labute approximate surface area is 204 Å². The standard InChI is InChI=1S/C21H29N7O3.HI/c1-2-23-21(28-10-8-27(9-11-28)15-18-7-12-31-26-18)25-13-16-3-5-17(6-4-16)20(30)24-14-19(22)29;/h3-7,12H,2,8-11,13-15H2,1H3,(H2,22,29)(H,23,25)(H,24,30);1H. The first kappa shape index (κ1) is 25.6. The van der Waals surface area contributed by atoms with Crippen LogP contribution in [-0.2, 0) is 17.9 Å². The Balaban J connectivity index is 0.00000363. The van der Waals surface area contributed by atoms with Crippen LogP contribution < -0.4 is 16.4 Å². The molecule has 3 rings (SSSR count). The number of aromatic nitrogens is 1. The molecule has 1 aliphatic rings. The molecule has 174 valence electrons. The zero-order valence-corrected chi connectivity index (χ0v) is 20.5. The minimum absolute atomic E-state index is 0. The monoisotopic (exact) mass is 555 g/mol. The van der Waals surface area contributed by atoms with Crippen LogP contribution in [0.5, 0.6) is 0 Å². The van der Waals surface area contributed by atoms with Gasteiger partial charge in [-0.2, -0.15) is 0 Å². The summed E-state index contributed by atoms with van der Waals surface area (Å²) < 4.78 is 4.91. The maximum atomic E-state index is 12.0. The van der Waals surface area contributed by atoms with Crippen molar-refractivity contribution in [1.82, 2.24) is 25.6 Å². The summed E-state index contributed by atoms with van der Waals surface area (Å²) in [6.45, 7) is 7.56. The van der Waals surface area contributed by atoms with Crippen LogP contribution in [0.2, 0.25) is 0 Å². The SMILES string of the molecule is CCNC(=NCc1ccc(C(=O)NCC(N)=O)cc1)N1CCN(Cc2ccon2)CC1.I. The predicted molar refractivity (Wildman–Crippen MR) is 132 cm³/mol. The van der Waals surface area contributed by atoms with Gasteiger partial charge in [0.25, 0.3) is 5.91 Å². The largest absolute Gasteiger partial charge is 0.368 e. The third-order valence-electron chi connectivity index (χ3n) is 4.93. The average molecular weight is 555 g/mol. The molecule has 1 aliphatic heterocycles. The van der Waals surface area contributed by atoms with Crippen LogP contribution >= 0.6 is 24.0 Å². The molecule has 0 bridgehead atoms. The molecule has 2 amide bonds. The Bertz CT molecular complexity index is 879. The predicted octanol–water partition coefficient (Wildman–Crippen LogP) is 0.791. The molecule has 0 unspecified atom stereocenters. The number of hydrogen-bond donors (Lipinski definition) is 3. The van der Waals surface area contributed by atoms with Crippen molar-refractivity contribution in [3.05, 3.63) is 53.4 Å². The van der Waals surface area contributed by atoms with Crippen molar-refractivity contribution in [1.29, 1.82) is 0 Å². The number of carbonyl (C=O) groups excluding carboxylic acids is 2. The molecule has 1 aromatic heterocycles. The van der Waals surface area contributed by atoms with Gasteiger partial charge in [-0.1, -0.05) is 17.3 Å². The third kappa shape index (κ3) is 7.79. The number of carbonyl (C=O) groups is 2. The molecule has 11 heteroatoms. The van der Waals surface area contributed by atoms with Gasteiger partial charge in [-0.15, -0.1) is 24.0 Å². The van der Waals surface area contributed by atoms with Crippen LogP contribution in [-0.4, -0.2) is 72.0 Å². The molecule has 0 spiro atoms. The number of nitrogens with one attached hydrogen (secondary N) is 2. The molecule has 0 saturated carbocycles. The van der Waals surface area contributed by atoms with Gasteiger partial charge in [0.1, 0.15) is 6.26 Å². The van der Waals surface area contributed by atoms with Crippen LogP contribution in [0.3, 0.4) is 0 Å². The van der Waals surface area contributed by atoms with Crippen LogP contribution in [0.1, 0.15) is 28.5 Å². The summed E-state index contributed by atoms with van der Waals surface area (Å²) in [5.41, 5.74) is 7.46. The number of rotatable bonds is 8. The number of aliphatic imine (C=N–C) groups is 1. The highest BCUT2D eigenvalue weighted by Gasteiger charge is 2.20. The second-order valence-electron chi connectivity index (χ2n) is 7.27. The highest BCUT2D eigenvalue weighted by Crippen LogP contribution is 2.09. The van der Waals surface area contributed by atoms with Crippen molar-refractivity contribution >= 4 is 41.8 Å². The van der Waals surface area contributed by atoms with E-state index in [-0.39, 0.29) is 36.4 Å². The highest BCUT2D eigenvalue weighted by atomic mass is 127. The lowest BCUT2D eigenvalue weighted by Crippen LogP contribution is -2.52. The smallest absolute Gasteiger partial charge is 0.251 e. The minimum Gasteiger partial charge on any atom is -0.368 e. The topological polar surface area (TPSA) is 129 Å². The van der Waals surface area contributed by atoms with Gasteiger partial charge in [0, 0.05) is 50.9 Å². The van der Waals surface area contributed by atoms with E-state index >= 15 is 0 Å². The molecule has 0 radical (unpaired) electrons. The number of nitrogens with zero attached hydrogens (tertiary/aromatic N) is 4. The first-order valence-corrected chi connectivity index (χ1v) is 10.4. The maximum Gasteiger partial charge on any atom is 0.251 e. The van der Waals surface area contributed by atoms with Crippen LogP contribution in [0.25, 0.3) is 0 Å². The number of piperazine rings is 1. The van der Waals surface area contributed by atoms with E-state index in [4.69, 9.17) is 15.2 Å². The van der Waals surface area contributed by atoms with Gasteiger partial charge < -0.3 is 25.8 Å². The number of benzene rings is 1. The second-order valence-corrected chi connectivity index (χ2v) is 7.27. The summed E-state index contributed by atoms with van der Waals surface area (Å²) in [6.07, 6.45) is 1.60. The van der Waals surface area contributed by atoms with E-state index in [2.05, 4.69) is 32.5 Å². The van der Waals surface area contributed by atoms with E-state index in [0.717, 1.165) is 56.5 Å². The van der Waals surface area contributed by atoms with E-state index in [0.29, 0.717) is 12.1 Å². The molecule has 4 N–H and O–H groups in total. The molecule has 0 aliphatic carbocycles. The Morgan fingerprint density at radius 1 is 1.12 bits per heavy atom. The highest BCUT2D eigenvalue weighted by molar-refractivity contribution is 14.0. The number of primary amides is 1. The lowest BCUT2D eigenvalue weighted by molar-refractivity contribution is -0.117. The summed E-state index contributed by atoms with van der Waals surface area (Å²) in [6, 6.07) is 9.06. The van der Waals surface area contributed by atoms with Crippen molar-refractivity contribution in [2.24, 2.45) is 10.7 Å². The van der Waals surface area contributed by atoms with Crippen molar-refractivity contribution in [2.75, 3.05) is 39.3 Å². The lowest BCUT2D eigenvalue weighted by atomic mass is 10.1. The first-order valence-electron chi connectivity index (χ1n) is 10.4. The molecular weight excluding hydrogens is 525 g/mol. The van der Waals surface area contributed by atoms with Gasteiger partial charge in [-0.25, -0.2) is 4.99 Å². The Kier molecular flexibility index (Phi) is 10.4. The summed E-state index contributed by atoms with van der Waals surface area (Å²) in [5.74, 6) is -0.0215. The van der Waals surface area contributed by atoms with E-state index in [1.54, 1.807) is 18.4 Å². The summed E-state index contributed by atoms with van der Waals surface area (Å²) in [4.78, 5) is 32.1. The third-order valence-corrected chi connectivity index (χ3v) is 4.93. The summed E-state index contributed by atoms with van der Waals surface area (Å²) >= 11 is 0. The van der Waals surface area contributed by atoms with Crippen molar-refractivity contribution in [3.8, 4) is 0 Å². The zero-order chi connectivity index (χ0) is 22.1. The number of hydrogen-bond acceptors (Lipinski definition) is 6.